The van der Waals surface area contributed by atoms with E-state index in [1.807, 2.05) is 12.1 Å². The molecule has 3 heteroatoms. The molecular weight excluding hydrogens is 512 g/mol. The van der Waals surface area contributed by atoms with Gasteiger partial charge in [0, 0.05) is 32.7 Å². The summed E-state index contributed by atoms with van der Waals surface area (Å²) in [6.45, 7) is 2.06. The lowest BCUT2D eigenvalue weighted by atomic mass is 9.95. The number of hydrogen-bond donors (Lipinski definition) is 0. The first-order valence-electron chi connectivity index (χ1n) is 14.3. The Balaban J connectivity index is 1.24. The molecule has 0 atom stereocenters. The molecule has 2 aromatic heterocycles. The van der Waals surface area contributed by atoms with Crippen molar-refractivity contribution in [2.24, 2.45) is 0 Å². The van der Waals surface area contributed by atoms with Crippen LogP contribution in [0.1, 0.15) is 5.69 Å². The predicted molar refractivity (Wildman–Crippen MR) is 175 cm³/mol. The maximum atomic E-state index is 6.48. The van der Waals surface area contributed by atoms with Crippen LogP contribution in [0.2, 0.25) is 0 Å². The fourth-order valence-electron chi connectivity index (χ4n) is 6.61. The highest BCUT2D eigenvalue weighted by molar-refractivity contribution is 6.24. The number of furan rings is 1. The van der Waals surface area contributed by atoms with Crippen LogP contribution in [0.3, 0.4) is 0 Å². The van der Waals surface area contributed by atoms with Crippen molar-refractivity contribution in [3.63, 3.8) is 0 Å². The Labute approximate surface area is 241 Å². The Bertz CT molecular complexity index is 2520. The van der Waals surface area contributed by atoms with Crippen molar-refractivity contribution < 1.29 is 4.42 Å². The van der Waals surface area contributed by atoms with Gasteiger partial charge in [0.15, 0.2) is 0 Å². The highest BCUT2D eigenvalue weighted by Gasteiger charge is 2.17. The number of aromatic nitrogens is 2. The summed E-state index contributed by atoms with van der Waals surface area (Å²) in [5.41, 5.74) is 8.78. The van der Waals surface area contributed by atoms with Crippen LogP contribution in [0.25, 0.3) is 87.7 Å². The quantitative estimate of drug-likeness (QED) is 0.206. The Morgan fingerprint density at radius 3 is 1.76 bits per heavy atom. The van der Waals surface area contributed by atoms with E-state index in [0.29, 0.717) is 0 Å². The molecule has 9 aromatic rings. The fraction of sp³-hybridized carbons (Fsp3) is 0.0256. The monoisotopic (exact) mass is 536 g/mol. The van der Waals surface area contributed by atoms with Crippen molar-refractivity contribution in [1.82, 2.24) is 9.97 Å². The maximum Gasteiger partial charge on any atom is 0.143 e. The molecule has 0 bridgehead atoms. The number of para-hydroxylation sites is 1. The predicted octanol–water partition coefficient (Wildman–Crippen LogP) is 10.6. The van der Waals surface area contributed by atoms with E-state index in [1.165, 1.54) is 21.5 Å². The third-order valence-electron chi connectivity index (χ3n) is 8.56. The molecule has 0 amide bonds. The van der Waals surface area contributed by atoms with Crippen LogP contribution in [-0.4, -0.2) is 9.97 Å². The standard InChI is InChI=1S/C39H24N2O/c1-23-36(41-38-31-15-7-5-13-29(31)28-12-4-6-14-30(28)37(38)40-23)25-20-18-24(19-21-25)33-22-26-10-2-3-11-27(26)35-32-16-8-9-17-34(32)42-39(33)35/h2-22H,1H3. The lowest BCUT2D eigenvalue weighted by Crippen LogP contribution is -1.96. The minimum atomic E-state index is 0.905. The molecule has 0 spiro atoms. The van der Waals surface area contributed by atoms with Crippen LogP contribution < -0.4 is 0 Å². The van der Waals surface area contributed by atoms with Crippen LogP contribution in [0, 0.1) is 6.92 Å². The highest BCUT2D eigenvalue weighted by Crippen LogP contribution is 2.41. The van der Waals surface area contributed by atoms with Gasteiger partial charge >= 0.3 is 0 Å². The molecule has 0 N–H and O–H groups in total. The average Bonchev–Trinajstić information content (AvgIpc) is 3.45. The average molecular weight is 537 g/mol. The summed E-state index contributed by atoms with van der Waals surface area (Å²) in [6, 6.07) is 44.7. The number of rotatable bonds is 2. The van der Waals surface area contributed by atoms with Crippen LogP contribution >= 0.6 is 0 Å². The van der Waals surface area contributed by atoms with Gasteiger partial charge in [-0.2, -0.15) is 0 Å². The van der Waals surface area contributed by atoms with Crippen LogP contribution in [-0.2, 0) is 0 Å². The summed E-state index contributed by atoms with van der Waals surface area (Å²) in [5, 5.41) is 9.38. The van der Waals surface area contributed by atoms with Gasteiger partial charge in [-0.15, -0.1) is 0 Å². The first kappa shape index (κ1) is 23.2. The first-order valence-corrected chi connectivity index (χ1v) is 14.3. The van der Waals surface area contributed by atoms with Crippen LogP contribution in [0.4, 0.5) is 0 Å². The Morgan fingerprint density at radius 1 is 0.500 bits per heavy atom. The second-order valence-electron chi connectivity index (χ2n) is 11.0. The zero-order valence-corrected chi connectivity index (χ0v) is 22.9. The van der Waals surface area contributed by atoms with Gasteiger partial charge in [-0.05, 0) is 46.2 Å². The number of fused-ring (bicyclic) bond motifs is 11. The lowest BCUT2D eigenvalue weighted by molar-refractivity contribution is 0.670. The third-order valence-corrected chi connectivity index (χ3v) is 8.56. The van der Waals surface area contributed by atoms with E-state index in [4.69, 9.17) is 14.4 Å². The van der Waals surface area contributed by atoms with Crippen molar-refractivity contribution in [3.05, 3.63) is 133 Å². The number of aryl methyl sites for hydroxylation is 1. The summed E-state index contributed by atoms with van der Waals surface area (Å²) in [4.78, 5) is 10.4. The van der Waals surface area contributed by atoms with Gasteiger partial charge in [-0.1, -0.05) is 115 Å². The van der Waals surface area contributed by atoms with Crippen molar-refractivity contribution in [2.75, 3.05) is 0 Å². The lowest BCUT2D eigenvalue weighted by Gasteiger charge is -2.13. The Kier molecular flexibility index (Phi) is 4.82. The Hall–Kier alpha value is -5.54. The second kappa shape index (κ2) is 8.73. The molecule has 7 aromatic carbocycles. The van der Waals surface area contributed by atoms with Crippen molar-refractivity contribution in [2.45, 2.75) is 6.92 Å². The Morgan fingerprint density at radius 2 is 1.05 bits per heavy atom. The first-order chi connectivity index (χ1) is 20.7. The summed E-state index contributed by atoms with van der Waals surface area (Å²) in [6.07, 6.45) is 0. The number of benzene rings is 7. The molecular formula is C39H24N2O. The summed E-state index contributed by atoms with van der Waals surface area (Å²) in [7, 11) is 0. The van der Waals surface area contributed by atoms with Gasteiger partial charge < -0.3 is 4.42 Å². The largest absolute Gasteiger partial charge is 0.455 e. The fourth-order valence-corrected chi connectivity index (χ4v) is 6.61. The minimum Gasteiger partial charge on any atom is -0.455 e. The molecule has 0 aliphatic carbocycles. The van der Waals surface area contributed by atoms with Gasteiger partial charge in [-0.3, -0.25) is 0 Å². The summed E-state index contributed by atoms with van der Waals surface area (Å²) >= 11 is 0. The molecule has 196 valence electrons. The molecule has 0 aliphatic heterocycles. The molecule has 0 radical (unpaired) electrons. The third kappa shape index (κ3) is 3.28. The van der Waals surface area contributed by atoms with E-state index in [2.05, 4.69) is 122 Å². The SMILES string of the molecule is Cc1nc2c3ccccc3c3ccccc3c2nc1-c1ccc(-c2cc3ccccc3c3c2oc2ccccc23)cc1. The normalized spacial score (nSPS) is 11.9. The van der Waals surface area contributed by atoms with Crippen LogP contribution in [0.15, 0.2) is 132 Å². The molecule has 42 heavy (non-hydrogen) atoms. The van der Waals surface area contributed by atoms with Gasteiger partial charge in [0.2, 0.25) is 0 Å². The molecule has 9 rings (SSSR count). The van der Waals surface area contributed by atoms with Crippen molar-refractivity contribution in [1.29, 1.82) is 0 Å². The summed E-state index contributed by atoms with van der Waals surface area (Å²) < 4.78 is 6.48. The molecule has 0 saturated heterocycles. The van der Waals surface area contributed by atoms with E-state index in [1.54, 1.807) is 0 Å². The van der Waals surface area contributed by atoms with Gasteiger partial charge in [0.1, 0.15) is 11.2 Å². The zero-order chi connectivity index (χ0) is 27.8. The van der Waals surface area contributed by atoms with Gasteiger partial charge in [0.05, 0.1) is 22.4 Å². The topological polar surface area (TPSA) is 38.9 Å². The van der Waals surface area contributed by atoms with Gasteiger partial charge in [0.25, 0.3) is 0 Å². The van der Waals surface area contributed by atoms with Crippen molar-refractivity contribution >= 4 is 65.3 Å². The minimum absolute atomic E-state index is 0.905. The number of hydrogen-bond acceptors (Lipinski definition) is 3. The van der Waals surface area contributed by atoms with E-state index in [9.17, 15) is 0 Å². The number of nitrogens with zero attached hydrogens (tertiary/aromatic N) is 2. The molecule has 0 fully saturated rings. The van der Waals surface area contributed by atoms with Gasteiger partial charge in [-0.25, -0.2) is 9.97 Å². The van der Waals surface area contributed by atoms with E-state index < -0.39 is 0 Å². The van der Waals surface area contributed by atoms with E-state index in [0.717, 1.165) is 71.8 Å². The molecule has 0 aliphatic rings. The molecule has 0 saturated carbocycles. The maximum absolute atomic E-state index is 6.48. The zero-order valence-electron chi connectivity index (χ0n) is 22.9. The van der Waals surface area contributed by atoms with Crippen molar-refractivity contribution in [3.8, 4) is 22.4 Å². The summed E-state index contributed by atoms with van der Waals surface area (Å²) in [5.74, 6) is 0. The second-order valence-corrected chi connectivity index (χ2v) is 11.0. The molecule has 0 unspecified atom stereocenters. The highest BCUT2D eigenvalue weighted by atomic mass is 16.3. The molecule has 2 heterocycles. The smallest absolute Gasteiger partial charge is 0.143 e. The van der Waals surface area contributed by atoms with E-state index in [-0.39, 0.29) is 0 Å². The molecule has 3 nitrogen and oxygen atoms in total. The van der Waals surface area contributed by atoms with Crippen LogP contribution in [0.5, 0.6) is 0 Å². The van der Waals surface area contributed by atoms with E-state index >= 15 is 0 Å².